The van der Waals surface area contributed by atoms with E-state index < -0.39 is 0 Å². The molecule has 0 aromatic heterocycles. The monoisotopic (exact) mass is 253 g/mol. The molecule has 1 unspecified atom stereocenters. The normalized spacial score (nSPS) is 11.7. The lowest BCUT2D eigenvalue weighted by Gasteiger charge is -2.14. The van der Waals surface area contributed by atoms with Gasteiger partial charge in [-0.25, -0.2) is 0 Å². The molecule has 0 heterocycles. The fourth-order valence-electron chi connectivity index (χ4n) is 1.49. The van der Waals surface area contributed by atoms with Crippen molar-refractivity contribution in [1.29, 1.82) is 0 Å². The number of methoxy groups -OCH3 is 2. The van der Waals surface area contributed by atoms with Gasteiger partial charge in [0.05, 0.1) is 20.8 Å². The van der Waals surface area contributed by atoms with Crippen molar-refractivity contribution in [1.82, 2.24) is 5.32 Å². The number of rotatable bonds is 7. The van der Waals surface area contributed by atoms with Crippen LogP contribution < -0.4 is 14.8 Å². The molecule has 1 atom stereocenters. The molecular weight excluding hydrogens is 234 g/mol. The molecule has 0 aliphatic carbocycles. The lowest BCUT2D eigenvalue weighted by molar-refractivity contribution is -0.143. The second kappa shape index (κ2) is 7.55. The third-order valence-electron chi connectivity index (χ3n) is 2.57. The van der Waals surface area contributed by atoms with Crippen molar-refractivity contribution in [2.24, 2.45) is 0 Å². The highest BCUT2D eigenvalue weighted by Crippen LogP contribution is 2.17. The zero-order chi connectivity index (χ0) is 13.4. The molecule has 0 aliphatic rings. The first-order valence-electron chi connectivity index (χ1n) is 5.73. The van der Waals surface area contributed by atoms with E-state index in [4.69, 9.17) is 9.47 Å². The fraction of sp³-hybridized carbons (Fsp3) is 0.462. The standard InChI is InChI=1S/C13H19NO4/c1-14-12(13(15)17-3)8-9-18-11-6-4-10(16-2)5-7-11/h4-7,12,14H,8-9H2,1-3H3. The molecule has 1 aromatic rings. The minimum Gasteiger partial charge on any atom is -0.497 e. The van der Waals surface area contributed by atoms with Gasteiger partial charge >= 0.3 is 5.97 Å². The Balaban J connectivity index is 2.37. The summed E-state index contributed by atoms with van der Waals surface area (Å²) in [6.07, 6.45) is 0.551. The van der Waals surface area contributed by atoms with Gasteiger partial charge in [-0.1, -0.05) is 0 Å². The lowest BCUT2D eigenvalue weighted by Crippen LogP contribution is -2.36. The van der Waals surface area contributed by atoms with Crippen molar-refractivity contribution in [3.8, 4) is 11.5 Å². The Morgan fingerprint density at radius 1 is 1.22 bits per heavy atom. The highest BCUT2D eigenvalue weighted by Gasteiger charge is 2.16. The number of ether oxygens (including phenoxy) is 3. The minimum absolute atomic E-state index is 0.282. The maximum atomic E-state index is 11.3. The summed E-state index contributed by atoms with van der Waals surface area (Å²) in [6, 6.07) is 6.96. The van der Waals surface area contributed by atoms with Gasteiger partial charge in [0, 0.05) is 6.42 Å². The molecular formula is C13H19NO4. The second-order valence-corrected chi connectivity index (χ2v) is 3.68. The Morgan fingerprint density at radius 2 is 1.83 bits per heavy atom. The van der Waals surface area contributed by atoms with E-state index in [-0.39, 0.29) is 12.0 Å². The molecule has 1 N–H and O–H groups in total. The van der Waals surface area contributed by atoms with Crippen LogP contribution >= 0.6 is 0 Å². The van der Waals surface area contributed by atoms with Crippen LogP contribution in [0.3, 0.4) is 0 Å². The highest BCUT2D eigenvalue weighted by molar-refractivity contribution is 5.75. The van der Waals surface area contributed by atoms with Gasteiger partial charge in [0.2, 0.25) is 0 Å². The Hall–Kier alpha value is -1.75. The Kier molecular flexibility index (Phi) is 6.00. The maximum absolute atomic E-state index is 11.3. The van der Waals surface area contributed by atoms with Gasteiger partial charge in [-0.3, -0.25) is 4.79 Å². The molecule has 5 heteroatoms. The highest BCUT2D eigenvalue weighted by atomic mass is 16.5. The number of carbonyl (C=O) groups is 1. The van der Waals surface area contributed by atoms with Crippen LogP contribution in [-0.2, 0) is 9.53 Å². The van der Waals surface area contributed by atoms with E-state index in [1.165, 1.54) is 7.11 Å². The Bertz CT molecular complexity index is 364. The van der Waals surface area contributed by atoms with Crippen molar-refractivity contribution in [3.63, 3.8) is 0 Å². The molecule has 0 bridgehead atoms. The molecule has 0 fully saturated rings. The van der Waals surface area contributed by atoms with Gasteiger partial charge < -0.3 is 19.5 Å². The fourth-order valence-corrected chi connectivity index (χ4v) is 1.49. The van der Waals surface area contributed by atoms with Gasteiger partial charge in [0.15, 0.2) is 0 Å². The minimum atomic E-state index is -0.340. The van der Waals surface area contributed by atoms with Crippen LogP contribution in [0, 0.1) is 0 Å². The number of esters is 1. The number of hydrogen-bond acceptors (Lipinski definition) is 5. The summed E-state index contributed by atoms with van der Waals surface area (Å²) in [4.78, 5) is 11.3. The molecule has 0 saturated heterocycles. The van der Waals surface area contributed by atoms with E-state index in [0.717, 1.165) is 11.5 Å². The first-order valence-corrected chi connectivity index (χ1v) is 5.73. The van der Waals surface area contributed by atoms with Gasteiger partial charge in [-0.15, -0.1) is 0 Å². The molecule has 5 nitrogen and oxygen atoms in total. The molecule has 100 valence electrons. The summed E-state index contributed by atoms with van der Waals surface area (Å²) >= 11 is 0. The number of benzene rings is 1. The molecule has 18 heavy (non-hydrogen) atoms. The zero-order valence-electron chi connectivity index (χ0n) is 10.9. The van der Waals surface area contributed by atoms with Gasteiger partial charge in [-0.05, 0) is 31.3 Å². The SMILES string of the molecule is CNC(CCOc1ccc(OC)cc1)C(=O)OC. The Morgan fingerprint density at radius 3 is 2.33 bits per heavy atom. The Labute approximate surface area is 107 Å². The van der Waals surface area contributed by atoms with Crippen LogP contribution in [0.25, 0.3) is 0 Å². The predicted molar refractivity (Wildman–Crippen MR) is 68.0 cm³/mol. The third kappa shape index (κ3) is 4.25. The van der Waals surface area contributed by atoms with Crippen LogP contribution in [0.15, 0.2) is 24.3 Å². The average Bonchev–Trinajstić information content (AvgIpc) is 2.43. The van der Waals surface area contributed by atoms with Crippen molar-refractivity contribution in [3.05, 3.63) is 24.3 Å². The summed E-state index contributed by atoms with van der Waals surface area (Å²) in [5.41, 5.74) is 0. The van der Waals surface area contributed by atoms with E-state index in [0.29, 0.717) is 13.0 Å². The van der Waals surface area contributed by atoms with E-state index in [9.17, 15) is 4.79 Å². The largest absolute Gasteiger partial charge is 0.497 e. The molecule has 0 spiro atoms. The summed E-state index contributed by atoms with van der Waals surface area (Å²) in [5, 5.41) is 2.88. The van der Waals surface area contributed by atoms with Crippen LogP contribution in [0.4, 0.5) is 0 Å². The maximum Gasteiger partial charge on any atom is 0.322 e. The topological polar surface area (TPSA) is 56.8 Å². The molecule has 0 amide bonds. The van der Waals surface area contributed by atoms with Crippen molar-refractivity contribution < 1.29 is 19.0 Å². The van der Waals surface area contributed by atoms with E-state index in [2.05, 4.69) is 10.1 Å². The zero-order valence-corrected chi connectivity index (χ0v) is 10.9. The number of carbonyl (C=O) groups excluding carboxylic acids is 1. The average molecular weight is 253 g/mol. The van der Waals surface area contributed by atoms with Crippen LogP contribution in [0.2, 0.25) is 0 Å². The number of nitrogens with one attached hydrogen (secondary N) is 1. The molecule has 0 radical (unpaired) electrons. The van der Waals surface area contributed by atoms with Crippen molar-refractivity contribution in [2.45, 2.75) is 12.5 Å². The third-order valence-corrected chi connectivity index (χ3v) is 2.57. The predicted octanol–water partition coefficient (Wildman–Crippen LogP) is 1.23. The summed E-state index contributed by atoms with van der Waals surface area (Å²) < 4.78 is 15.2. The summed E-state index contributed by atoms with van der Waals surface area (Å²) in [7, 11) is 4.70. The number of likely N-dealkylation sites (N-methyl/N-ethyl adjacent to an activating group) is 1. The van der Waals surface area contributed by atoms with E-state index in [1.54, 1.807) is 14.2 Å². The van der Waals surface area contributed by atoms with Gasteiger partial charge in [0.1, 0.15) is 17.5 Å². The molecule has 1 aromatic carbocycles. The van der Waals surface area contributed by atoms with E-state index in [1.807, 2.05) is 24.3 Å². The first kappa shape index (κ1) is 14.3. The van der Waals surface area contributed by atoms with Crippen LogP contribution in [0.5, 0.6) is 11.5 Å². The summed E-state index contributed by atoms with van der Waals surface area (Å²) in [5.74, 6) is 1.25. The van der Waals surface area contributed by atoms with Gasteiger partial charge in [-0.2, -0.15) is 0 Å². The van der Waals surface area contributed by atoms with Crippen LogP contribution in [0.1, 0.15) is 6.42 Å². The first-order chi connectivity index (χ1) is 8.71. The second-order valence-electron chi connectivity index (χ2n) is 3.68. The lowest BCUT2D eigenvalue weighted by atomic mass is 10.2. The van der Waals surface area contributed by atoms with Crippen LogP contribution in [-0.4, -0.2) is 39.9 Å². The number of hydrogen-bond donors (Lipinski definition) is 1. The smallest absolute Gasteiger partial charge is 0.322 e. The van der Waals surface area contributed by atoms with Crippen molar-refractivity contribution >= 4 is 5.97 Å². The van der Waals surface area contributed by atoms with Crippen molar-refractivity contribution in [2.75, 3.05) is 27.9 Å². The van der Waals surface area contributed by atoms with Gasteiger partial charge in [0.25, 0.3) is 0 Å². The molecule has 0 aliphatic heterocycles. The molecule has 0 saturated carbocycles. The van der Waals surface area contributed by atoms with E-state index >= 15 is 0 Å². The molecule has 1 rings (SSSR count). The quantitative estimate of drug-likeness (QED) is 0.741. The summed E-state index contributed by atoms with van der Waals surface area (Å²) in [6.45, 7) is 0.437.